The number of hydrogen-bond donors (Lipinski definition) is 1. The molecular weight excluding hydrogens is 262 g/mol. The minimum Gasteiger partial charge on any atom is -0.465 e. The van der Waals surface area contributed by atoms with Gasteiger partial charge in [0.15, 0.2) is 0 Å². The van der Waals surface area contributed by atoms with Gasteiger partial charge >= 0.3 is 0 Å². The molecule has 118 valence electrons. The van der Waals surface area contributed by atoms with E-state index in [4.69, 9.17) is 4.42 Å². The number of furan rings is 1. The van der Waals surface area contributed by atoms with Crippen LogP contribution >= 0.6 is 0 Å². The minimum atomic E-state index is 0.911. The maximum absolute atomic E-state index is 5.94. The second-order valence-electron chi connectivity index (χ2n) is 6.51. The van der Waals surface area contributed by atoms with Gasteiger partial charge in [-0.05, 0) is 38.8 Å². The lowest BCUT2D eigenvalue weighted by atomic mass is 10.2. The fourth-order valence-electron chi connectivity index (χ4n) is 3.19. The van der Waals surface area contributed by atoms with Gasteiger partial charge in [-0.25, -0.2) is 0 Å². The Hall–Kier alpha value is -0.840. The molecule has 0 atom stereocenters. The van der Waals surface area contributed by atoms with E-state index in [1.807, 2.05) is 0 Å². The maximum atomic E-state index is 5.94. The first-order valence-electron chi connectivity index (χ1n) is 8.51. The van der Waals surface area contributed by atoms with E-state index in [-0.39, 0.29) is 0 Å². The fourth-order valence-corrected chi connectivity index (χ4v) is 3.19. The largest absolute Gasteiger partial charge is 0.465 e. The van der Waals surface area contributed by atoms with Gasteiger partial charge in [0.05, 0.1) is 6.54 Å². The highest BCUT2D eigenvalue weighted by molar-refractivity contribution is 5.20. The first-order valence-corrected chi connectivity index (χ1v) is 8.51. The Kier molecular flexibility index (Phi) is 4.99. The van der Waals surface area contributed by atoms with E-state index in [1.54, 1.807) is 0 Å². The van der Waals surface area contributed by atoms with Crippen LogP contribution in [0.3, 0.4) is 0 Å². The van der Waals surface area contributed by atoms with Gasteiger partial charge in [-0.2, -0.15) is 0 Å². The molecule has 1 saturated carbocycles. The van der Waals surface area contributed by atoms with Crippen LogP contribution in [-0.4, -0.2) is 48.6 Å². The first kappa shape index (κ1) is 15.1. The van der Waals surface area contributed by atoms with E-state index in [2.05, 4.69) is 35.0 Å². The summed E-state index contributed by atoms with van der Waals surface area (Å²) in [6, 6.07) is 3.15. The highest BCUT2D eigenvalue weighted by Crippen LogP contribution is 2.27. The van der Waals surface area contributed by atoms with Crippen LogP contribution in [0.1, 0.15) is 43.3 Å². The normalized spacial score (nSPS) is 21.0. The van der Waals surface area contributed by atoms with Crippen LogP contribution in [-0.2, 0) is 13.1 Å². The summed E-state index contributed by atoms with van der Waals surface area (Å²) >= 11 is 0. The van der Waals surface area contributed by atoms with E-state index in [9.17, 15) is 0 Å². The van der Waals surface area contributed by atoms with Crippen LogP contribution in [0.25, 0.3) is 0 Å². The minimum absolute atomic E-state index is 0.911. The number of rotatable bonds is 7. The summed E-state index contributed by atoms with van der Waals surface area (Å²) in [5.74, 6) is 2.20. The third-order valence-corrected chi connectivity index (χ3v) is 4.66. The summed E-state index contributed by atoms with van der Waals surface area (Å²) in [5.41, 5.74) is 1.31. The molecule has 0 unspecified atom stereocenters. The quantitative estimate of drug-likeness (QED) is 0.782. The summed E-state index contributed by atoms with van der Waals surface area (Å²) < 4.78 is 5.94. The van der Waals surface area contributed by atoms with Crippen molar-refractivity contribution < 1.29 is 4.42 Å². The molecule has 4 nitrogen and oxygen atoms in total. The highest BCUT2D eigenvalue weighted by Gasteiger charge is 2.31. The number of piperazine rings is 1. The molecule has 1 aliphatic carbocycles. The highest BCUT2D eigenvalue weighted by atomic mass is 16.3. The molecule has 0 spiro atoms. The zero-order chi connectivity index (χ0) is 14.7. The standard InChI is InChI=1S/C17H29N3O/c1-3-6-18-12-15-11-17(21-14(15)2)13-19-7-9-20(10-8-19)16-4-5-16/h11,16,18H,3-10,12-13H2,1-2H3. The molecular formula is C17H29N3O. The second-order valence-corrected chi connectivity index (χ2v) is 6.51. The van der Waals surface area contributed by atoms with Crippen molar-refractivity contribution in [3.63, 3.8) is 0 Å². The number of nitrogens with zero attached hydrogens (tertiary/aromatic N) is 2. The second kappa shape index (κ2) is 6.95. The van der Waals surface area contributed by atoms with Crippen LogP contribution in [0.5, 0.6) is 0 Å². The van der Waals surface area contributed by atoms with Crippen molar-refractivity contribution in [3.8, 4) is 0 Å². The topological polar surface area (TPSA) is 31.6 Å². The van der Waals surface area contributed by atoms with Gasteiger partial charge in [-0.15, -0.1) is 0 Å². The number of nitrogens with one attached hydrogen (secondary N) is 1. The number of aryl methyl sites for hydroxylation is 1. The predicted molar refractivity (Wildman–Crippen MR) is 85.3 cm³/mol. The van der Waals surface area contributed by atoms with E-state index >= 15 is 0 Å². The molecule has 1 aliphatic heterocycles. The lowest BCUT2D eigenvalue weighted by Gasteiger charge is -2.34. The SMILES string of the molecule is CCCNCc1cc(CN2CCN(C3CC3)CC2)oc1C. The summed E-state index contributed by atoms with van der Waals surface area (Å²) in [5, 5.41) is 3.45. The zero-order valence-electron chi connectivity index (χ0n) is 13.5. The van der Waals surface area contributed by atoms with Gasteiger partial charge in [-0.3, -0.25) is 9.80 Å². The van der Waals surface area contributed by atoms with Crippen molar-refractivity contribution in [2.45, 2.75) is 52.2 Å². The fraction of sp³-hybridized carbons (Fsp3) is 0.765. The Morgan fingerprint density at radius 3 is 2.67 bits per heavy atom. The molecule has 2 aliphatic rings. The van der Waals surface area contributed by atoms with Crippen LogP contribution in [0.4, 0.5) is 0 Å². The van der Waals surface area contributed by atoms with Crippen LogP contribution in [0.15, 0.2) is 10.5 Å². The summed E-state index contributed by atoms with van der Waals surface area (Å²) in [4.78, 5) is 5.18. The smallest absolute Gasteiger partial charge is 0.118 e. The molecule has 0 aromatic carbocycles. The van der Waals surface area contributed by atoms with E-state index in [1.165, 1.54) is 51.0 Å². The van der Waals surface area contributed by atoms with Crippen molar-refractivity contribution >= 4 is 0 Å². The van der Waals surface area contributed by atoms with Gasteiger partial charge in [0.2, 0.25) is 0 Å². The molecule has 0 amide bonds. The Labute approximate surface area is 128 Å². The van der Waals surface area contributed by atoms with E-state index < -0.39 is 0 Å². The lowest BCUT2D eigenvalue weighted by Crippen LogP contribution is -2.46. The van der Waals surface area contributed by atoms with Gasteiger partial charge in [0, 0.05) is 44.3 Å². The average Bonchev–Trinajstić information content (AvgIpc) is 3.26. The molecule has 1 aromatic heterocycles. The van der Waals surface area contributed by atoms with Crippen LogP contribution in [0, 0.1) is 6.92 Å². The molecule has 4 heteroatoms. The first-order chi connectivity index (χ1) is 10.3. The Balaban J connectivity index is 1.47. The molecule has 1 saturated heterocycles. The lowest BCUT2D eigenvalue weighted by molar-refractivity contribution is 0.115. The van der Waals surface area contributed by atoms with Crippen molar-refractivity contribution in [1.82, 2.24) is 15.1 Å². The predicted octanol–water partition coefficient (Wildman–Crippen LogP) is 2.37. The molecule has 1 aromatic rings. The molecule has 2 heterocycles. The maximum Gasteiger partial charge on any atom is 0.118 e. The van der Waals surface area contributed by atoms with Gasteiger partial charge < -0.3 is 9.73 Å². The molecule has 2 fully saturated rings. The molecule has 3 rings (SSSR count). The summed E-state index contributed by atoms with van der Waals surface area (Å²) in [6.45, 7) is 12.1. The third kappa shape index (κ3) is 4.09. The number of hydrogen-bond acceptors (Lipinski definition) is 4. The van der Waals surface area contributed by atoms with Crippen molar-refractivity contribution in [2.24, 2.45) is 0 Å². The summed E-state index contributed by atoms with van der Waals surface area (Å²) in [6.07, 6.45) is 4.02. The molecule has 0 radical (unpaired) electrons. The Bertz CT molecular complexity index is 445. The van der Waals surface area contributed by atoms with Gasteiger partial charge in [-0.1, -0.05) is 6.92 Å². The molecule has 0 bridgehead atoms. The molecule has 1 N–H and O–H groups in total. The van der Waals surface area contributed by atoms with Crippen molar-refractivity contribution in [2.75, 3.05) is 32.7 Å². The van der Waals surface area contributed by atoms with Crippen molar-refractivity contribution in [3.05, 3.63) is 23.2 Å². The Morgan fingerprint density at radius 1 is 1.24 bits per heavy atom. The zero-order valence-corrected chi connectivity index (χ0v) is 13.5. The van der Waals surface area contributed by atoms with Crippen LogP contribution in [0.2, 0.25) is 0 Å². The van der Waals surface area contributed by atoms with Crippen molar-refractivity contribution in [1.29, 1.82) is 0 Å². The third-order valence-electron chi connectivity index (χ3n) is 4.66. The van der Waals surface area contributed by atoms with Gasteiger partial charge in [0.1, 0.15) is 11.5 Å². The average molecular weight is 291 g/mol. The summed E-state index contributed by atoms with van der Waals surface area (Å²) in [7, 11) is 0. The Morgan fingerprint density at radius 2 is 2.00 bits per heavy atom. The van der Waals surface area contributed by atoms with E-state index in [0.717, 1.165) is 37.2 Å². The van der Waals surface area contributed by atoms with E-state index in [0.29, 0.717) is 0 Å². The molecule has 21 heavy (non-hydrogen) atoms. The van der Waals surface area contributed by atoms with Gasteiger partial charge in [0.25, 0.3) is 0 Å². The van der Waals surface area contributed by atoms with Crippen LogP contribution < -0.4 is 5.32 Å². The monoisotopic (exact) mass is 291 g/mol.